The van der Waals surface area contributed by atoms with Crippen molar-refractivity contribution in [3.8, 4) is 11.5 Å². The summed E-state index contributed by atoms with van der Waals surface area (Å²) in [6.07, 6.45) is 2.29. The van der Waals surface area contributed by atoms with Crippen molar-refractivity contribution in [2.45, 2.75) is 0 Å². The molecule has 116 valence electrons. The lowest BCUT2D eigenvalue weighted by molar-refractivity contribution is -0.131. The SMILES string of the molecule is COc1cc(/C=C/C(=O)O)cc2c1OCC(=O)N2CC(N)=O. The number of carbonyl (C=O) groups is 3. The molecular formula is C14H14N2O6. The predicted octanol–water partition coefficient (Wildman–Crippen LogP) is 0.00370. The number of fused-ring (bicyclic) bond motifs is 1. The van der Waals surface area contributed by atoms with E-state index in [1.54, 1.807) is 6.07 Å². The van der Waals surface area contributed by atoms with Gasteiger partial charge in [-0.05, 0) is 23.8 Å². The van der Waals surface area contributed by atoms with Crippen LogP contribution < -0.4 is 20.1 Å². The molecule has 0 fully saturated rings. The molecule has 0 saturated carbocycles. The van der Waals surface area contributed by atoms with Crippen LogP contribution >= 0.6 is 0 Å². The van der Waals surface area contributed by atoms with E-state index in [4.69, 9.17) is 20.3 Å². The Morgan fingerprint density at radius 1 is 1.50 bits per heavy atom. The van der Waals surface area contributed by atoms with Gasteiger partial charge >= 0.3 is 5.97 Å². The fraction of sp³-hybridized carbons (Fsp3) is 0.214. The molecule has 1 heterocycles. The Morgan fingerprint density at radius 3 is 2.82 bits per heavy atom. The molecule has 2 rings (SSSR count). The summed E-state index contributed by atoms with van der Waals surface area (Å²) >= 11 is 0. The summed E-state index contributed by atoms with van der Waals surface area (Å²) in [4.78, 5) is 34.8. The van der Waals surface area contributed by atoms with Gasteiger partial charge in [-0.15, -0.1) is 0 Å². The van der Waals surface area contributed by atoms with E-state index in [0.717, 1.165) is 6.08 Å². The molecule has 1 aromatic rings. The van der Waals surface area contributed by atoms with Crippen molar-refractivity contribution in [3.05, 3.63) is 23.8 Å². The minimum atomic E-state index is -1.11. The van der Waals surface area contributed by atoms with Gasteiger partial charge in [0, 0.05) is 6.08 Å². The number of hydrogen-bond acceptors (Lipinski definition) is 5. The number of rotatable bonds is 5. The van der Waals surface area contributed by atoms with E-state index in [2.05, 4.69) is 0 Å². The van der Waals surface area contributed by atoms with Gasteiger partial charge in [-0.2, -0.15) is 0 Å². The maximum Gasteiger partial charge on any atom is 0.328 e. The molecule has 22 heavy (non-hydrogen) atoms. The largest absolute Gasteiger partial charge is 0.493 e. The third-order valence-electron chi connectivity index (χ3n) is 2.94. The van der Waals surface area contributed by atoms with Crippen molar-refractivity contribution >= 4 is 29.5 Å². The Bertz CT molecular complexity index is 668. The summed E-state index contributed by atoms with van der Waals surface area (Å²) < 4.78 is 10.5. The van der Waals surface area contributed by atoms with Crippen molar-refractivity contribution < 1.29 is 29.0 Å². The number of methoxy groups -OCH3 is 1. The second-order valence-corrected chi connectivity index (χ2v) is 4.48. The van der Waals surface area contributed by atoms with Crippen LogP contribution in [0.2, 0.25) is 0 Å². The summed E-state index contributed by atoms with van der Waals surface area (Å²) in [6.45, 7) is -0.536. The van der Waals surface area contributed by atoms with Crippen LogP contribution in [0.25, 0.3) is 6.08 Å². The molecule has 3 N–H and O–H groups in total. The molecule has 1 aliphatic heterocycles. The molecule has 0 saturated heterocycles. The summed E-state index contributed by atoms with van der Waals surface area (Å²) in [6, 6.07) is 3.09. The van der Waals surface area contributed by atoms with Gasteiger partial charge in [0.15, 0.2) is 18.1 Å². The average molecular weight is 306 g/mol. The van der Waals surface area contributed by atoms with Crippen LogP contribution in [0.15, 0.2) is 18.2 Å². The number of nitrogens with zero attached hydrogens (tertiary/aromatic N) is 1. The highest BCUT2D eigenvalue weighted by Crippen LogP contribution is 2.41. The Labute approximate surface area is 125 Å². The first-order valence-electron chi connectivity index (χ1n) is 6.27. The van der Waals surface area contributed by atoms with Crippen molar-refractivity contribution in [2.24, 2.45) is 5.73 Å². The van der Waals surface area contributed by atoms with E-state index < -0.39 is 17.8 Å². The molecule has 8 nitrogen and oxygen atoms in total. The highest BCUT2D eigenvalue weighted by atomic mass is 16.5. The number of nitrogens with two attached hydrogens (primary N) is 1. The van der Waals surface area contributed by atoms with Crippen LogP contribution in [0, 0.1) is 0 Å². The zero-order valence-electron chi connectivity index (χ0n) is 11.7. The third-order valence-corrected chi connectivity index (χ3v) is 2.94. The topological polar surface area (TPSA) is 119 Å². The number of benzene rings is 1. The van der Waals surface area contributed by atoms with Gasteiger partial charge in [-0.25, -0.2) is 4.79 Å². The van der Waals surface area contributed by atoms with E-state index in [0.29, 0.717) is 22.7 Å². The number of hydrogen-bond donors (Lipinski definition) is 2. The molecule has 1 aromatic carbocycles. The quantitative estimate of drug-likeness (QED) is 0.739. The van der Waals surface area contributed by atoms with Gasteiger partial charge in [0.1, 0.15) is 6.54 Å². The molecule has 8 heteroatoms. The molecule has 0 aromatic heterocycles. The van der Waals surface area contributed by atoms with Crippen molar-refractivity contribution in [2.75, 3.05) is 25.2 Å². The fourth-order valence-electron chi connectivity index (χ4n) is 2.04. The predicted molar refractivity (Wildman–Crippen MR) is 76.7 cm³/mol. The first-order chi connectivity index (χ1) is 10.4. The molecular weight excluding hydrogens is 292 g/mol. The summed E-state index contributed by atoms with van der Waals surface area (Å²) in [5.41, 5.74) is 5.94. The zero-order valence-corrected chi connectivity index (χ0v) is 11.7. The smallest absolute Gasteiger partial charge is 0.328 e. The highest BCUT2D eigenvalue weighted by molar-refractivity contribution is 6.03. The number of anilines is 1. The summed E-state index contributed by atoms with van der Waals surface area (Å²) in [7, 11) is 1.42. The van der Waals surface area contributed by atoms with Crippen LogP contribution in [0.1, 0.15) is 5.56 Å². The van der Waals surface area contributed by atoms with E-state index in [-0.39, 0.29) is 13.2 Å². The van der Waals surface area contributed by atoms with Gasteiger partial charge < -0.3 is 20.3 Å². The number of primary amides is 1. The van der Waals surface area contributed by atoms with E-state index >= 15 is 0 Å². The van der Waals surface area contributed by atoms with Crippen LogP contribution in [0.5, 0.6) is 11.5 Å². The molecule has 0 spiro atoms. The van der Waals surface area contributed by atoms with Gasteiger partial charge in [0.05, 0.1) is 12.8 Å². The number of carbonyl (C=O) groups excluding carboxylic acids is 2. The van der Waals surface area contributed by atoms with E-state index in [9.17, 15) is 14.4 Å². The molecule has 0 radical (unpaired) electrons. The standard InChI is InChI=1S/C14H14N2O6/c1-21-10-5-8(2-3-13(19)20)4-9-14(10)22-7-12(18)16(9)6-11(15)17/h2-5H,6-7H2,1H3,(H2,15,17)(H,19,20)/b3-2+. The third kappa shape index (κ3) is 3.17. The van der Waals surface area contributed by atoms with Gasteiger partial charge in [0.2, 0.25) is 5.91 Å². The average Bonchev–Trinajstić information content (AvgIpc) is 2.46. The summed E-state index contributed by atoms with van der Waals surface area (Å²) in [5.74, 6) is -1.59. The van der Waals surface area contributed by atoms with E-state index in [1.807, 2.05) is 0 Å². The lowest BCUT2D eigenvalue weighted by atomic mass is 10.1. The Hall–Kier alpha value is -3.03. The van der Waals surface area contributed by atoms with Crippen molar-refractivity contribution in [1.29, 1.82) is 0 Å². The van der Waals surface area contributed by atoms with Gasteiger partial charge in [0.25, 0.3) is 5.91 Å². The molecule has 2 amide bonds. The first kappa shape index (κ1) is 15.4. The number of ether oxygens (including phenoxy) is 2. The molecule has 0 unspecified atom stereocenters. The highest BCUT2D eigenvalue weighted by Gasteiger charge is 2.29. The monoisotopic (exact) mass is 306 g/mol. The Balaban J connectivity index is 2.53. The van der Waals surface area contributed by atoms with Crippen molar-refractivity contribution in [1.82, 2.24) is 0 Å². The molecule has 1 aliphatic rings. The molecule has 0 atom stereocenters. The number of aliphatic carboxylic acids is 1. The fourth-order valence-corrected chi connectivity index (χ4v) is 2.04. The lowest BCUT2D eigenvalue weighted by Gasteiger charge is -2.29. The van der Waals surface area contributed by atoms with Crippen LogP contribution in [-0.4, -0.2) is 43.2 Å². The Kier molecular flexibility index (Phi) is 4.31. The number of amides is 2. The normalized spacial score (nSPS) is 13.7. The van der Waals surface area contributed by atoms with E-state index in [1.165, 1.54) is 24.2 Å². The molecule has 0 bridgehead atoms. The molecule has 0 aliphatic carbocycles. The second kappa shape index (κ2) is 6.17. The first-order valence-corrected chi connectivity index (χ1v) is 6.27. The van der Waals surface area contributed by atoms with Crippen LogP contribution in [-0.2, 0) is 14.4 Å². The minimum absolute atomic E-state index is 0.235. The second-order valence-electron chi connectivity index (χ2n) is 4.48. The van der Waals surface area contributed by atoms with Crippen molar-refractivity contribution in [3.63, 3.8) is 0 Å². The maximum atomic E-state index is 11.9. The van der Waals surface area contributed by atoms with Gasteiger partial charge in [-0.1, -0.05) is 0 Å². The number of carboxylic acids is 1. The maximum absolute atomic E-state index is 11.9. The van der Waals surface area contributed by atoms with Gasteiger partial charge in [-0.3, -0.25) is 14.5 Å². The Morgan fingerprint density at radius 2 is 2.23 bits per heavy atom. The summed E-state index contributed by atoms with van der Waals surface area (Å²) in [5, 5.41) is 8.68. The minimum Gasteiger partial charge on any atom is -0.493 e. The number of carboxylic acid groups (broad SMARTS) is 1. The zero-order chi connectivity index (χ0) is 16.3. The van der Waals surface area contributed by atoms with Crippen LogP contribution in [0.4, 0.5) is 5.69 Å². The lowest BCUT2D eigenvalue weighted by Crippen LogP contribution is -2.43. The van der Waals surface area contributed by atoms with Crippen LogP contribution in [0.3, 0.4) is 0 Å².